The van der Waals surface area contributed by atoms with E-state index in [2.05, 4.69) is 11.9 Å². The van der Waals surface area contributed by atoms with Crippen molar-refractivity contribution in [1.82, 2.24) is 5.32 Å². The fourth-order valence-corrected chi connectivity index (χ4v) is 1.42. The van der Waals surface area contributed by atoms with Gasteiger partial charge in [0.05, 0.1) is 7.11 Å². The van der Waals surface area contributed by atoms with Crippen LogP contribution in [0.15, 0.2) is 30.9 Å². The fourth-order valence-electron chi connectivity index (χ4n) is 1.42. The highest BCUT2D eigenvalue weighted by Crippen LogP contribution is 2.28. The molecule has 1 atom stereocenters. The van der Waals surface area contributed by atoms with Crippen molar-refractivity contribution >= 4 is 11.9 Å². The third kappa shape index (κ3) is 4.01. The summed E-state index contributed by atoms with van der Waals surface area (Å²) in [5.41, 5.74) is 0.293. The first-order valence-electron chi connectivity index (χ1n) is 5.95. The Balaban J connectivity index is 2.88. The summed E-state index contributed by atoms with van der Waals surface area (Å²) in [6.45, 7) is 5.25. The maximum Gasteiger partial charge on any atom is 0.325 e. The number of benzene rings is 1. The summed E-state index contributed by atoms with van der Waals surface area (Å²) >= 11 is 0. The van der Waals surface area contributed by atoms with E-state index < -0.39 is 17.9 Å². The number of amides is 1. The molecule has 0 bridgehead atoms. The van der Waals surface area contributed by atoms with Gasteiger partial charge >= 0.3 is 5.97 Å². The number of aliphatic carboxylic acids is 1. The van der Waals surface area contributed by atoms with Gasteiger partial charge in [0.25, 0.3) is 5.91 Å². The highest BCUT2D eigenvalue weighted by atomic mass is 16.5. The number of nitrogens with one attached hydrogen (secondary N) is 1. The maximum atomic E-state index is 11.9. The Bertz CT molecular complexity index is 512. The molecule has 0 spiro atoms. The molecule has 2 N–H and O–H groups in total. The SMILES string of the molecule is C=CCOc1ccc(C(=O)NC(C)C(=O)O)cc1OC. The molecule has 0 fully saturated rings. The van der Waals surface area contributed by atoms with Gasteiger partial charge in [-0.3, -0.25) is 9.59 Å². The van der Waals surface area contributed by atoms with E-state index in [1.165, 1.54) is 26.2 Å². The zero-order chi connectivity index (χ0) is 15.1. The van der Waals surface area contributed by atoms with Crippen LogP contribution < -0.4 is 14.8 Å². The number of carbonyl (C=O) groups is 2. The van der Waals surface area contributed by atoms with Crippen LogP contribution in [0.1, 0.15) is 17.3 Å². The Morgan fingerprint density at radius 1 is 1.45 bits per heavy atom. The molecule has 0 aliphatic rings. The Hall–Kier alpha value is -2.50. The van der Waals surface area contributed by atoms with Crippen molar-refractivity contribution in [2.75, 3.05) is 13.7 Å². The van der Waals surface area contributed by atoms with Crippen LogP contribution in [0.25, 0.3) is 0 Å². The average Bonchev–Trinajstić information content (AvgIpc) is 2.44. The summed E-state index contributed by atoms with van der Waals surface area (Å²) in [5, 5.41) is 11.1. The van der Waals surface area contributed by atoms with Gasteiger partial charge in [-0.2, -0.15) is 0 Å². The minimum absolute atomic E-state index is 0.293. The van der Waals surface area contributed by atoms with Crippen LogP contribution in [-0.2, 0) is 4.79 Å². The molecule has 1 aromatic rings. The van der Waals surface area contributed by atoms with E-state index in [4.69, 9.17) is 14.6 Å². The molecule has 1 rings (SSSR count). The van der Waals surface area contributed by atoms with Crippen molar-refractivity contribution in [2.24, 2.45) is 0 Å². The maximum absolute atomic E-state index is 11.9. The molecular weight excluding hydrogens is 262 g/mol. The van der Waals surface area contributed by atoms with Crippen molar-refractivity contribution in [3.05, 3.63) is 36.4 Å². The van der Waals surface area contributed by atoms with Crippen LogP contribution in [0.3, 0.4) is 0 Å². The van der Waals surface area contributed by atoms with Crippen molar-refractivity contribution < 1.29 is 24.2 Å². The lowest BCUT2D eigenvalue weighted by Crippen LogP contribution is -2.38. The normalized spacial score (nSPS) is 11.3. The van der Waals surface area contributed by atoms with Crippen LogP contribution in [0, 0.1) is 0 Å². The minimum Gasteiger partial charge on any atom is -0.493 e. The highest BCUT2D eigenvalue weighted by Gasteiger charge is 2.16. The second kappa shape index (κ2) is 7.18. The van der Waals surface area contributed by atoms with Crippen molar-refractivity contribution in [1.29, 1.82) is 0 Å². The zero-order valence-electron chi connectivity index (χ0n) is 11.4. The van der Waals surface area contributed by atoms with Crippen molar-refractivity contribution in [3.63, 3.8) is 0 Å². The molecule has 0 radical (unpaired) electrons. The molecule has 0 aromatic heterocycles. The third-order valence-corrected chi connectivity index (χ3v) is 2.50. The van der Waals surface area contributed by atoms with Crippen LogP contribution in [0.5, 0.6) is 11.5 Å². The molecule has 0 saturated carbocycles. The number of carboxylic acid groups (broad SMARTS) is 1. The van der Waals surface area contributed by atoms with Gasteiger partial charge in [0.15, 0.2) is 11.5 Å². The van der Waals surface area contributed by atoms with E-state index in [1.807, 2.05) is 0 Å². The standard InChI is InChI=1S/C14H17NO5/c1-4-7-20-11-6-5-10(8-12(11)19-3)13(16)15-9(2)14(17)18/h4-6,8-9H,1,7H2,2-3H3,(H,15,16)(H,17,18). The summed E-state index contributed by atoms with van der Waals surface area (Å²) in [5.74, 6) is -0.720. The molecule has 6 heteroatoms. The van der Waals surface area contributed by atoms with Gasteiger partial charge in [-0.15, -0.1) is 0 Å². The molecule has 1 aromatic carbocycles. The summed E-state index contributed by atoms with van der Waals surface area (Å²) in [4.78, 5) is 22.6. The molecule has 0 aliphatic heterocycles. The van der Waals surface area contributed by atoms with Gasteiger partial charge in [-0.1, -0.05) is 12.7 Å². The van der Waals surface area contributed by atoms with Gasteiger partial charge in [-0.25, -0.2) is 0 Å². The smallest absolute Gasteiger partial charge is 0.325 e. The van der Waals surface area contributed by atoms with Crippen molar-refractivity contribution in [3.8, 4) is 11.5 Å². The first-order chi connectivity index (χ1) is 9.49. The lowest BCUT2D eigenvalue weighted by molar-refractivity contribution is -0.138. The average molecular weight is 279 g/mol. The molecule has 0 heterocycles. The second-order valence-corrected chi connectivity index (χ2v) is 4.00. The Kier molecular flexibility index (Phi) is 5.58. The molecule has 1 unspecified atom stereocenters. The molecule has 1 amide bonds. The summed E-state index contributed by atoms with van der Waals surface area (Å²) < 4.78 is 10.5. The van der Waals surface area contributed by atoms with Gasteiger partial charge < -0.3 is 19.9 Å². The van der Waals surface area contributed by atoms with E-state index in [0.717, 1.165) is 0 Å². The van der Waals surface area contributed by atoms with Crippen LogP contribution >= 0.6 is 0 Å². The quantitative estimate of drug-likeness (QED) is 0.738. The molecule has 20 heavy (non-hydrogen) atoms. The van der Waals surface area contributed by atoms with E-state index in [0.29, 0.717) is 23.7 Å². The fraction of sp³-hybridized carbons (Fsp3) is 0.286. The van der Waals surface area contributed by atoms with Crippen LogP contribution in [-0.4, -0.2) is 36.7 Å². The van der Waals surface area contributed by atoms with Gasteiger partial charge in [-0.05, 0) is 25.1 Å². The molecular formula is C14H17NO5. The minimum atomic E-state index is -1.10. The number of hydrogen-bond acceptors (Lipinski definition) is 4. The van der Waals surface area contributed by atoms with E-state index in [9.17, 15) is 9.59 Å². The summed E-state index contributed by atoms with van der Waals surface area (Å²) in [6, 6.07) is 3.64. The van der Waals surface area contributed by atoms with Gasteiger partial charge in [0, 0.05) is 5.56 Å². The third-order valence-electron chi connectivity index (χ3n) is 2.50. The topological polar surface area (TPSA) is 84.9 Å². The largest absolute Gasteiger partial charge is 0.493 e. The number of methoxy groups -OCH3 is 1. The molecule has 6 nitrogen and oxygen atoms in total. The van der Waals surface area contributed by atoms with Crippen molar-refractivity contribution in [2.45, 2.75) is 13.0 Å². The molecule has 0 saturated heterocycles. The summed E-state index contributed by atoms with van der Waals surface area (Å²) in [6.07, 6.45) is 1.59. The zero-order valence-corrected chi connectivity index (χ0v) is 11.4. The van der Waals surface area contributed by atoms with Gasteiger partial charge in [0.1, 0.15) is 12.6 Å². The van der Waals surface area contributed by atoms with E-state index >= 15 is 0 Å². The predicted molar refractivity (Wildman–Crippen MR) is 73.3 cm³/mol. The number of hydrogen-bond donors (Lipinski definition) is 2. The van der Waals surface area contributed by atoms with E-state index in [1.54, 1.807) is 12.1 Å². The van der Waals surface area contributed by atoms with Crippen LogP contribution in [0.2, 0.25) is 0 Å². The Morgan fingerprint density at radius 3 is 2.70 bits per heavy atom. The Morgan fingerprint density at radius 2 is 2.15 bits per heavy atom. The lowest BCUT2D eigenvalue weighted by Gasteiger charge is -2.12. The predicted octanol–water partition coefficient (Wildman–Crippen LogP) is 1.46. The summed E-state index contributed by atoms with van der Waals surface area (Å²) in [7, 11) is 1.46. The van der Waals surface area contributed by atoms with E-state index in [-0.39, 0.29) is 0 Å². The van der Waals surface area contributed by atoms with Gasteiger partial charge in [0.2, 0.25) is 0 Å². The monoisotopic (exact) mass is 279 g/mol. The molecule has 0 aliphatic carbocycles. The van der Waals surface area contributed by atoms with Crippen LogP contribution in [0.4, 0.5) is 0 Å². The number of carbonyl (C=O) groups excluding carboxylic acids is 1. The second-order valence-electron chi connectivity index (χ2n) is 4.00. The number of carboxylic acids is 1. The number of rotatable bonds is 7. The first kappa shape index (κ1) is 15.6. The lowest BCUT2D eigenvalue weighted by atomic mass is 10.1. The molecule has 108 valence electrons. The highest BCUT2D eigenvalue weighted by molar-refractivity contribution is 5.97. The Labute approximate surface area is 117 Å². The number of ether oxygens (including phenoxy) is 2. The first-order valence-corrected chi connectivity index (χ1v) is 5.95.